The van der Waals surface area contributed by atoms with Gasteiger partial charge >= 0.3 is 0 Å². The van der Waals surface area contributed by atoms with Crippen molar-refractivity contribution in [2.45, 2.75) is 45.2 Å². The van der Waals surface area contributed by atoms with E-state index >= 15 is 0 Å². The Morgan fingerprint density at radius 1 is 1.04 bits per heavy atom. The fourth-order valence-electron chi connectivity index (χ4n) is 3.56. The van der Waals surface area contributed by atoms with E-state index in [2.05, 4.69) is 39.8 Å². The monoisotopic (exact) mass is 351 g/mol. The molecule has 2 aliphatic rings. The molecule has 134 valence electrons. The number of benzene rings is 1. The highest BCUT2D eigenvalue weighted by molar-refractivity contribution is 5.85. The Hall–Kier alpha value is -1.10. The zero-order chi connectivity index (χ0) is 15.9. The van der Waals surface area contributed by atoms with Crippen molar-refractivity contribution in [2.24, 2.45) is 5.92 Å². The minimum atomic E-state index is 0. The number of likely N-dealkylation sites (tertiary alicyclic amines) is 1. The summed E-state index contributed by atoms with van der Waals surface area (Å²) in [6, 6.07) is 8.73. The normalized spacial score (nSPS) is 19.5. The van der Waals surface area contributed by atoms with Gasteiger partial charge in [0, 0.05) is 19.0 Å². The van der Waals surface area contributed by atoms with Gasteiger partial charge in [0.1, 0.15) is 0 Å². The predicted octanol–water partition coefficient (Wildman–Crippen LogP) is 2.71. The van der Waals surface area contributed by atoms with Gasteiger partial charge in [-0.3, -0.25) is 9.69 Å². The molecule has 4 nitrogen and oxygen atoms in total. The van der Waals surface area contributed by atoms with Gasteiger partial charge in [0.15, 0.2) is 0 Å². The lowest BCUT2D eigenvalue weighted by Gasteiger charge is -2.26. The fourth-order valence-corrected chi connectivity index (χ4v) is 3.56. The van der Waals surface area contributed by atoms with E-state index in [-0.39, 0.29) is 24.2 Å². The molecule has 0 spiro atoms. The molecule has 0 atom stereocenters. The van der Waals surface area contributed by atoms with Crippen molar-refractivity contribution in [3.63, 3.8) is 0 Å². The lowest BCUT2D eigenvalue weighted by atomic mass is 9.97. The van der Waals surface area contributed by atoms with Gasteiger partial charge in [-0.2, -0.15) is 0 Å². The molecule has 2 aliphatic heterocycles. The molecule has 3 rings (SSSR count). The maximum absolute atomic E-state index is 12.2. The van der Waals surface area contributed by atoms with E-state index in [9.17, 15) is 4.79 Å². The number of amides is 1. The number of carbonyl (C=O) groups excluding carboxylic acids is 1. The molecule has 0 aliphatic carbocycles. The summed E-state index contributed by atoms with van der Waals surface area (Å²) in [6.07, 6.45) is 5.97. The third-order valence-corrected chi connectivity index (χ3v) is 5.05. The van der Waals surface area contributed by atoms with Crippen molar-refractivity contribution in [1.82, 2.24) is 15.5 Å². The number of halogens is 1. The molecule has 2 N–H and O–H groups in total. The third-order valence-electron chi connectivity index (χ3n) is 5.05. The zero-order valence-electron chi connectivity index (χ0n) is 14.4. The Morgan fingerprint density at radius 2 is 1.67 bits per heavy atom. The highest BCUT2D eigenvalue weighted by Gasteiger charge is 2.20. The van der Waals surface area contributed by atoms with Crippen LogP contribution in [0.2, 0.25) is 0 Å². The van der Waals surface area contributed by atoms with Crippen LogP contribution in [-0.2, 0) is 17.9 Å². The highest BCUT2D eigenvalue weighted by Crippen LogP contribution is 2.14. The summed E-state index contributed by atoms with van der Waals surface area (Å²) in [5, 5.41) is 6.39. The average Bonchev–Trinajstić information content (AvgIpc) is 2.62. The average molecular weight is 352 g/mol. The van der Waals surface area contributed by atoms with E-state index in [0.717, 1.165) is 32.5 Å². The first-order valence-corrected chi connectivity index (χ1v) is 9.10. The van der Waals surface area contributed by atoms with E-state index in [1.165, 1.54) is 43.5 Å². The Morgan fingerprint density at radius 3 is 2.33 bits per heavy atom. The van der Waals surface area contributed by atoms with E-state index in [1.807, 2.05) is 0 Å². The summed E-state index contributed by atoms with van der Waals surface area (Å²) in [6.45, 7) is 6.09. The maximum Gasteiger partial charge on any atom is 0.223 e. The highest BCUT2D eigenvalue weighted by atomic mass is 35.5. The van der Waals surface area contributed by atoms with Crippen LogP contribution in [0.1, 0.15) is 43.2 Å². The van der Waals surface area contributed by atoms with Gasteiger partial charge in [0.2, 0.25) is 5.91 Å². The molecule has 0 radical (unpaired) electrons. The molecule has 5 heteroatoms. The van der Waals surface area contributed by atoms with Crippen LogP contribution in [0, 0.1) is 5.92 Å². The van der Waals surface area contributed by atoms with E-state index in [1.54, 1.807) is 0 Å². The van der Waals surface area contributed by atoms with E-state index < -0.39 is 0 Å². The van der Waals surface area contributed by atoms with Crippen LogP contribution in [0.5, 0.6) is 0 Å². The molecule has 2 saturated heterocycles. The molecule has 1 aromatic rings. The third kappa shape index (κ3) is 5.76. The first-order chi connectivity index (χ1) is 11.3. The van der Waals surface area contributed by atoms with Gasteiger partial charge < -0.3 is 10.6 Å². The van der Waals surface area contributed by atoms with Crippen LogP contribution in [0.3, 0.4) is 0 Å². The molecule has 2 fully saturated rings. The predicted molar refractivity (Wildman–Crippen MR) is 100 cm³/mol. The largest absolute Gasteiger partial charge is 0.352 e. The van der Waals surface area contributed by atoms with Gasteiger partial charge in [-0.1, -0.05) is 30.7 Å². The second-order valence-corrected chi connectivity index (χ2v) is 6.90. The van der Waals surface area contributed by atoms with Crippen molar-refractivity contribution in [3.05, 3.63) is 35.4 Å². The van der Waals surface area contributed by atoms with Gasteiger partial charge in [-0.25, -0.2) is 0 Å². The van der Waals surface area contributed by atoms with Crippen molar-refractivity contribution in [2.75, 3.05) is 26.2 Å². The number of nitrogens with one attached hydrogen (secondary N) is 2. The van der Waals surface area contributed by atoms with Crippen molar-refractivity contribution in [1.29, 1.82) is 0 Å². The summed E-state index contributed by atoms with van der Waals surface area (Å²) < 4.78 is 0. The number of hydrogen-bond acceptors (Lipinski definition) is 3. The van der Waals surface area contributed by atoms with Crippen LogP contribution in [0.25, 0.3) is 0 Å². The van der Waals surface area contributed by atoms with E-state index in [0.29, 0.717) is 6.54 Å². The van der Waals surface area contributed by atoms with Gasteiger partial charge in [-0.05, 0) is 63.0 Å². The summed E-state index contributed by atoms with van der Waals surface area (Å²) >= 11 is 0. The van der Waals surface area contributed by atoms with Crippen molar-refractivity contribution < 1.29 is 4.79 Å². The smallest absolute Gasteiger partial charge is 0.223 e. The summed E-state index contributed by atoms with van der Waals surface area (Å²) in [4.78, 5) is 14.7. The molecular formula is C19H30ClN3O. The van der Waals surface area contributed by atoms with Crippen LogP contribution < -0.4 is 10.6 Å². The lowest BCUT2D eigenvalue weighted by Crippen LogP contribution is -2.37. The van der Waals surface area contributed by atoms with Crippen LogP contribution in [-0.4, -0.2) is 37.0 Å². The van der Waals surface area contributed by atoms with Gasteiger partial charge in [-0.15, -0.1) is 12.4 Å². The topological polar surface area (TPSA) is 44.4 Å². The quantitative estimate of drug-likeness (QED) is 0.857. The number of hydrogen-bond donors (Lipinski definition) is 2. The maximum atomic E-state index is 12.2. The Labute approximate surface area is 151 Å². The summed E-state index contributed by atoms with van der Waals surface area (Å²) in [7, 11) is 0. The van der Waals surface area contributed by atoms with Crippen LogP contribution >= 0.6 is 12.4 Å². The standard InChI is InChI=1S/C19H29N3O.ClH/c23-19(18-8-10-20-11-9-18)21-14-16-4-6-17(7-5-16)15-22-12-2-1-3-13-22;/h4-7,18,20H,1-3,8-15H2,(H,21,23);1H. The van der Waals surface area contributed by atoms with Crippen LogP contribution in [0.4, 0.5) is 0 Å². The van der Waals surface area contributed by atoms with Crippen molar-refractivity contribution >= 4 is 18.3 Å². The molecule has 1 aromatic carbocycles. The van der Waals surface area contributed by atoms with Gasteiger partial charge in [0.25, 0.3) is 0 Å². The number of rotatable bonds is 5. The van der Waals surface area contributed by atoms with Gasteiger partial charge in [0.05, 0.1) is 0 Å². The first-order valence-electron chi connectivity index (χ1n) is 9.10. The lowest BCUT2D eigenvalue weighted by molar-refractivity contribution is -0.125. The molecule has 0 bridgehead atoms. The SMILES string of the molecule is Cl.O=C(NCc1ccc(CN2CCCCC2)cc1)C1CCNCC1. The summed E-state index contributed by atoms with van der Waals surface area (Å²) in [5.41, 5.74) is 2.56. The Kier molecular flexibility index (Phi) is 8.03. The minimum absolute atomic E-state index is 0. The summed E-state index contributed by atoms with van der Waals surface area (Å²) in [5.74, 6) is 0.401. The second-order valence-electron chi connectivity index (χ2n) is 6.90. The molecular weight excluding hydrogens is 322 g/mol. The molecule has 0 saturated carbocycles. The first kappa shape index (κ1) is 19.2. The Balaban J connectivity index is 0.00000208. The minimum Gasteiger partial charge on any atom is -0.352 e. The van der Waals surface area contributed by atoms with E-state index in [4.69, 9.17) is 0 Å². The molecule has 1 amide bonds. The second kappa shape index (κ2) is 10.0. The van der Waals surface area contributed by atoms with Crippen LogP contribution in [0.15, 0.2) is 24.3 Å². The van der Waals surface area contributed by atoms with Crippen molar-refractivity contribution in [3.8, 4) is 0 Å². The molecule has 24 heavy (non-hydrogen) atoms. The Bertz CT molecular complexity index is 494. The molecule has 0 aromatic heterocycles. The number of piperidine rings is 2. The zero-order valence-corrected chi connectivity index (χ0v) is 15.2. The molecule has 0 unspecified atom stereocenters. The number of nitrogens with zero attached hydrogens (tertiary/aromatic N) is 1. The number of carbonyl (C=O) groups is 1. The molecule has 2 heterocycles. The fraction of sp³-hybridized carbons (Fsp3) is 0.632.